The molecule has 1 amide bonds. The molecule has 1 unspecified atom stereocenters. The third kappa shape index (κ3) is 3.12. The third-order valence-electron chi connectivity index (χ3n) is 3.87. The Morgan fingerprint density at radius 1 is 1.30 bits per heavy atom. The van der Waals surface area contributed by atoms with Gasteiger partial charge in [-0.3, -0.25) is 4.79 Å². The van der Waals surface area contributed by atoms with Gasteiger partial charge in [0.2, 0.25) is 0 Å². The lowest BCUT2D eigenvalue weighted by molar-refractivity contribution is 0.0533. The Balaban J connectivity index is 2.17. The van der Waals surface area contributed by atoms with Gasteiger partial charge in [-0.25, -0.2) is 0 Å². The molecule has 4 heteroatoms. The topological polar surface area (TPSA) is 35.6 Å². The number of rotatable bonds is 2. The van der Waals surface area contributed by atoms with Crippen molar-refractivity contribution in [2.45, 2.75) is 32.4 Å². The van der Waals surface area contributed by atoms with Crippen molar-refractivity contribution in [3.8, 4) is 0 Å². The average Bonchev–Trinajstić information content (AvgIpc) is 2.41. The van der Waals surface area contributed by atoms with E-state index < -0.39 is 0 Å². The minimum Gasteiger partial charge on any atom is -0.378 e. The fourth-order valence-electron chi connectivity index (χ4n) is 2.51. The Hall–Kier alpha value is -1.55. The van der Waals surface area contributed by atoms with Crippen molar-refractivity contribution in [3.05, 3.63) is 29.8 Å². The van der Waals surface area contributed by atoms with Gasteiger partial charge in [0.05, 0.1) is 0 Å². The first kappa shape index (κ1) is 14.9. The molecule has 1 aliphatic heterocycles. The number of hydrogen-bond acceptors (Lipinski definition) is 3. The van der Waals surface area contributed by atoms with Gasteiger partial charge in [0.25, 0.3) is 5.91 Å². The first-order valence-corrected chi connectivity index (χ1v) is 7.13. The van der Waals surface area contributed by atoms with Crippen LogP contribution in [0.5, 0.6) is 0 Å². The number of carbonyl (C=O) groups is 1. The number of carbonyl (C=O) groups excluding carboxylic acids is 1. The molecule has 0 bridgehead atoms. The van der Waals surface area contributed by atoms with Crippen molar-refractivity contribution in [3.63, 3.8) is 0 Å². The van der Waals surface area contributed by atoms with E-state index in [-0.39, 0.29) is 17.5 Å². The predicted octanol–water partition coefficient (Wildman–Crippen LogP) is 1.97. The second kappa shape index (κ2) is 5.44. The second-order valence-electron chi connectivity index (χ2n) is 6.49. The number of hydrogen-bond donors (Lipinski definition) is 1. The van der Waals surface area contributed by atoms with Crippen molar-refractivity contribution in [1.29, 1.82) is 0 Å². The summed E-state index contributed by atoms with van der Waals surface area (Å²) < 4.78 is 0. The molecule has 20 heavy (non-hydrogen) atoms. The minimum atomic E-state index is -0.0221. The van der Waals surface area contributed by atoms with Gasteiger partial charge in [-0.15, -0.1) is 0 Å². The number of anilines is 1. The number of amides is 1. The highest BCUT2D eigenvalue weighted by Crippen LogP contribution is 2.19. The molecule has 0 aliphatic carbocycles. The predicted molar refractivity (Wildman–Crippen MR) is 83.3 cm³/mol. The van der Waals surface area contributed by atoms with Crippen LogP contribution < -0.4 is 10.2 Å². The zero-order valence-corrected chi connectivity index (χ0v) is 13.1. The number of nitrogens with one attached hydrogen (secondary N) is 1. The lowest BCUT2D eigenvalue weighted by Crippen LogP contribution is -2.62. The maximum absolute atomic E-state index is 12.7. The number of nitrogens with zero attached hydrogens (tertiary/aromatic N) is 2. The van der Waals surface area contributed by atoms with E-state index >= 15 is 0 Å². The molecule has 0 saturated carbocycles. The highest BCUT2D eigenvalue weighted by atomic mass is 16.2. The van der Waals surface area contributed by atoms with E-state index in [0.717, 1.165) is 24.3 Å². The van der Waals surface area contributed by atoms with Crippen molar-refractivity contribution in [2.24, 2.45) is 0 Å². The van der Waals surface area contributed by atoms with Gasteiger partial charge in [0.1, 0.15) is 0 Å². The Bertz CT molecular complexity index is 479. The van der Waals surface area contributed by atoms with Gasteiger partial charge >= 0.3 is 0 Å². The number of piperazine rings is 1. The zero-order valence-electron chi connectivity index (χ0n) is 13.1. The molecule has 0 radical (unpaired) electrons. The smallest absolute Gasteiger partial charge is 0.254 e. The van der Waals surface area contributed by atoms with Crippen LogP contribution in [0.4, 0.5) is 5.69 Å². The SMILES string of the molecule is CC1CNC(C)(C)CN1C(=O)c1ccc(N(C)C)cc1. The Kier molecular flexibility index (Phi) is 4.04. The van der Waals surface area contributed by atoms with Crippen LogP contribution in [0.1, 0.15) is 31.1 Å². The molecule has 1 aromatic carbocycles. The lowest BCUT2D eigenvalue weighted by atomic mass is 9.98. The summed E-state index contributed by atoms with van der Waals surface area (Å²) in [6.45, 7) is 7.94. The van der Waals surface area contributed by atoms with Crippen molar-refractivity contribution >= 4 is 11.6 Å². The van der Waals surface area contributed by atoms with E-state index in [2.05, 4.69) is 26.1 Å². The van der Waals surface area contributed by atoms with Crippen LogP contribution in [-0.2, 0) is 0 Å². The van der Waals surface area contributed by atoms with Gasteiger partial charge in [0.15, 0.2) is 0 Å². The maximum atomic E-state index is 12.7. The first-order valence-electron chi connectivity index (χ1n) is 7.13. The Morgan fingerprint density at radius 2 is 1.90 bits per heavy atom. The lowest BCUT2D eigenvalue weighted by Gasteiger charge is -2.43. The molecule has 1 aromatic rings. The highest BCUT2D eigenvalue weighted by molar-refractivity contribution is 5.95. The van der Waals surface area contributed by atoms with Gasteiger partial charge in [-0.1, -0.05) is 0 Å². The average molecular weight is 275 g/mol. The molecule has 1 N–H and O–H groups in total. The molecule has 1 fully saturated rings. The van der Waals surface area contributed by atoms with E-state index in [4.69, 9.17) is 0 Å². The summed E-state index contributed by atoms with van der Waals surface area (Å²) in [5.41, 5.74) is 1.85. The largest absolute Gasteiger partial charge is 0.378 e. The van der Waals surface area contributed by atoms with Gasteiger partial charge in [-0.2, -0.15) is 0 Å². The van der Waals surface area contributed by atoms with Crippen molar-refractivity contribution in [1.82, 2.24) is 10.2 Å². The van der Waals surface area contributed by atoms with Crippen molar-refractivity contribution in [2.75, 3.05) is 32.1 Å². The second-order valence-corrected chi connectivity index (χ2v) is 6.49. The molecular weight excluding hydrogens is 250 g/mol. The molecule has 1 atom stereocenters. The minimum absolute atomic E-state index is 0.0221. The van der Waals surface area contributed by atoms with Crippen molar-refractivity contribution < 1.29 is 4.79 Å². The van der Waals surface area contributed by atoms with E-state index in [0.29, 0.717) is 0 Å². The van der Waals surface area contributed by atoms with Crippen LogP contribution in [0.25, 0.3) is 0 Å². The summed E-state index contributed by atoms with van der Waals surface area (Å²) in [5, 5.41) is 3.47. The zero-order chi connectivity index (χ0) is 14.9. The van der Waals surface area contributed by atoms with Gasteiger partial charge in [0, 0.05) is 50.0 Å². The van der Waals surface area contributed by atoms with Gasteiger partial charge < -0.3 is 15.1 Å². The Labute approximate surface area is 121 Å². The molecule has 1 saturated heterocycles. The molecule has 2 rings (SSSR count). The molecule has 0 spiro atoms. The molecule has 4 nitrogen and oxygen atoms in total. The standard InChI is InChI=1S/C16H25N3O/c1-12-10-17-16(2,3)11-19(12)15(20)13-6-8-14(9-7-13)18(4)5/h6-9,12,17H,10-11H2,1-5H3. The fourth-order valence-corrected chi connectivity index (χ4v) is 2.51. The summed E-state index contributed by atoms with van der Waals surface area (Å²) in [5.74, 6) is 0.123. The number of benzene rings is 1. The molecule has 1 heterocycles. The van der Waals surface area contributed by atoms with E-state index in [1.54, 1.807) is 0 Å². The highest BCUT2D eigenvalue weighted by Gasteiger charge is 2.33. The van der Waals surface area contributed by atoms with Gasteiger partial charge in [-0.05, 0) is 45.0 Å². The van der Waals surface area contributed by atoms with E-state index in [1.807, 2.05) is 48.2 Å². The summed E-state index contributed by atoms with van der Waals surface area (Å²) in [6.07, 6.45) is 0. The normalized spacial score (nSPS) is 21.6. The van der Waals surface area contributed by atoms with E-state index in [1.165, 1.54) is 0 Å². The quantitative estimate of drug-likeness (QED) is 0.896. The van der Waals surface area contributed by atoms with Crippen LogP contribution in [0, 0.1) is 0 Å². The first-order chi connectivity index (χ1) is 9.30. The molecular formula is C16H25N3O. The van der Waals surface area contributed by atoms with Crippen LogP contribution >= 0.6 is 0 Å². The van der Waals surface area contributed by atoms with Crippen LogP contribution in [0.15, 0.2) is 24.3 Å². The Morgan fingerprint density at radius 3 is 2.45 bits per heavy atom. The van der Waals surface area contributed by atoms with Crippen LogP contribution in [-0.4, -0.2) is 49.6 Å². The summed E-state index contributed by atoms with van der Waals surface area (Å²) in [4.78, 5) is 16.7. The fraction of sp³-hybridized carbons (Fsp3) is 0.562. The third-order valence-corrected chi connectivity index (χ3v) is 3.87. The van der Waals surface area contributed by atoms with Crippen LogP contribution in [0.2, 0.25) is 0 Å². The van der Waals surface area contributed by atoms with Crippen LogP contribution in [0.3, 0.4) is 0 Å². The summed E-state index contributed by atoms with van der Waals surface area (Å²) in [7, 11) is 4.00. The monoisotopic (exact) mass is 275 g/mol. The summed E-state index contributed by atoms with van der Waals surface area (Å²) in [6, 6.07) is 8.04. The molecule has 1 aliphatic rings. The van der Waals surface area contributed by atoms with E-state index in [9.17, 15) is 4.79 Å². The maximum Gasteiger partial charge on any atom is 0.254 e. The molecule has 0 aromatic heterocycles. The summed E-state index contributed by atoms with van der Waals surface area (Å²) >= 11 is 0. The molecule has 110 valence electrons.